The highest BCUT2D eigenvalue weighted by atomic mass is 79.9. The third-order valence-corrected chi connectivity index (χ3v) is 3.06. The Morgan fingerprint density at radius 2 is 1.90 bits per heavy atom. The van der Waals surface area contributed by atoms with Crippen LogP contribution in [-0.4, -0.2) is 23.4 Å². The van der Waals surface area contributed by atoms with Gasteiger partial charge in [0.1, 0.15) is 11.9 Å². The van der Waals surface area contributed by atoms with Gasteiger partial charge in [-0.15, -0.1) is 0 Å². The van der Waals surface area contributed by atoms with E-state index in [9.17, 15) is 14.0 Å². The quantitative estimate of drug-likeness (QED) is 0.885. The van der Waals surface area contributed by atoms with Gasteiger partial charge >= 0.3 is 0 Å². The molecule has 0 aliphatic heterocycles. The highest BCUT2D eigenvalue weighted by Crippen LogP contribution is 2.16. The van der Waals surface area contributed by atoms with Crippen LogP contribution >= 0.6 is 15.9 Å². The zero-order chi connectivity index (χ0) is 15.5. The second kappa shape index (κ2) is 6.35. The molecule has 6 heteroatoms. The summed E-state index contributed by atoms with van der Waals surface area (Å²) in [6.45, 7) is 7.13. The average Bonchev–Trinajstić information content (AvgIpc) is 2.30. The Kier molecular flexibility index (Phi) is 5.28. The molecule has 0 aromatic heterocycles. The van der Waals surface area contributed by atoms with Gasteiger partial charge in [-0.2, -0.15) is 0 Å². The summed E-state index contributed by atoms with van der Waals surface area (Å²) in [5, 5.41) is 5.29. The van der Waals surface area contributed by atoms with Crippen LogP contribution in [0.15, 0.2) is 22.7 Å². The average molecular weight is 345 g/mol. The summed E-state index contributed by atoms with van der Waals surface area (Å²) in [7, 11) is 0. The predicted octanol–water partition coefficient (Wildman–Crippen LogP) is 2.62. The first-order valence-electron chi connectivity index (χ1n) is 6.18. The van der Waals surface area contributed by atoms with Gasteiger partial charge in [0.15, 0.2) is 0 Å². The van der Waals surface area contributed by atoms with Gasteiger partial charge < -0.3 is 10.6 Å². The molecule has 2 amide bonds. The maximum absolute atomic E-state index is 13.4. The Hall–Kier alpha value is -1.43. The molecule has 0 aliphatic carbocycles. The van der Waals surface area contributed by atoms with Crippen LogP contribution < -0.4 is 10.6 Å². The first kappa shape index (κ1) is 16.6. The summed E-state index contributed by atoms with van der Waals surface area (Å²) in [5.74, 6) is -1.30. The molecular formula is C14H18BrFN2O2. The van der Waals surface area contributed by atoms with Gasteiger partial charge in [-0.25, -0.2) is 4.39 Å². The fraction of sp³-hybridized carbons (Fsp3) is 0.429. The molecule has 0 spiro atoms. The van der Waals surface area contributed by atoms with Crippen molar-refractivity contribution in [3.8, 4) is 0 Å². The van der Waals surface area contributed by atoms with Crippen molar-refractivity contribution < 1.29 is 14.0 Å². The number of benzene rings is 1. The molecule has 0 radical (unpaired) electrons. The van der Waals surface area contributed by atoms with E-state index in [4.69, 9.17) is 0 Å². The lowest BCUT2D eigenvalue weighted by Crippen LogP contribution is -2.50. The second-order valence-electron chi connectivity index (χ2n) is 5.56. The van der Waals surface area contributed by atoms with Crippen molar-refractivity contribution in [2.24, 2.45) is 0 Å². The summed E-state index contributed by atoms with van der Waals surface area (Å²) >= 11 is 3.01. The second-order valence-corrected chi connectivity index (χ2v) is 6.42. The first-order chi connectivity index (χ1) is 9.10. The van der Waals surface area contributed by atoms with Crippen molar-refractivity contribution in [1.29, 1.82) is 0 Å². The number of hydrogen-bond acceptors (Lipinski definition) is 2. The Balaban J connectivity index is 2.70. The summed E-state index contributed by atoms with van der Waals surface area (Å²) in [4.78, 5) is 23.8. The van der Waals surface area contributed by atoms with Crippen LogP contribution in [-0.2, 0) is 4.79 Å². The van der Waals surface area contributed by atoms with Crippen LogP contribution in [0.4, 0.5) is 4.39 Å². The third-order valence-electron chi connectivity index (χ3n) is 2.42. The highest BCUT2D eigenvalue weighted by Gasteiger charge is 2.21. The van der Waals surface area contributed by atoms with Gasteiger partial charge in [0.05, 0.1) is 4.47 Å². The number of halogens is 2. The lowest BCUT2D eigenvalue weighted by atomic mass is 10.1. The van der Waals surface area contributed by atoms with Crippen LogP contribution in [0, 0.1) is 5.82 Å². The molecule has 4 nitrogen and oxygen atoms in total. The van der Waals surface area contributed by atoms with Gasteiger partial charge in [0.25, 0.3) is 5.91 Å². The molecule has 0 saturated heterocycles. The van der Waals surface area contributed by atoms with Crippen LogP contribution in [0.25, 0.3) is 0 Å². The van der Waals surface area contributed by atoms with Crippen molar-refractivity contribution in [2.75, 3.05) is 0 Å². The smallest absolute Gasteiger partial charge is 0.252 e. The zero-order valence-corrected chi connectivity index (χ0v) is 13.5. The first-order valence-corrected chi connectivity index (χ1v) is 6.97. The molecule has 0 bridgehead atoms. The minimum atomic E-state index is -0.701. The molecule has 2 N–H and O–H groups in total. The topological polar surface area (TPSA) is 58.2 Å². The summed E-state index contributed by atoms with van der Waals surface area (Å²) in [5.41, 5.74) is -0.208. The number of nitrogens with one attached hydrogen (secondary N) is 2. The van der Waals surface area contributed by atoms with E-state index in [1.165, 1.54) is 12.1 Å². The fourth-order valence-electron chi connectivity index (χ4n) is 1.46. The van der Waals surface area contributed by atoms with Crippen molar-refractivity contribution in [2.45, 2.75) is 39.3 Å². The van der Waals surface area contributed by atoms with Crippen molar-refractivity contribution in [3.63, 3.8) is 0 Å². The normalized spacial score (nSPS) is 12.7. The standard InChI is InChI=1S/C14H18BrFN2O2/c1-8(12(19)18-14(2,3)4)17-13(20)9-5-6-10(15)11(16)7-9/h5-8H,1-4H3,(H,17,20)(H,18,19). The van der Waals surface area contributed by atoms with Gasteiger partial charge in [-0.05, 0) is 61.8 Å². The van der Waals surface area contributed by atoms with E-state index in [0.717, 1.165) is 6.07 Å². The summed E-state index contributed by atoms with van der Waals surface area (Å²) in [6.07, 6.45) is 0. The Labute approximate surface area is 126 Å². The number of carbonyl (C=O) groups is 2. The lowest BCUT2D eigenvalue weighted by Gasteiger charge is -2.23. The number of hydrogen-bond donors (Lipinski definition) is 2. The van der Waals surface area contributed by atoms with E-state index in [2.05, 4.69) is 26.6 Å². The molecule has 1 aromatic carbocycles. The van der Waals surface area contributed by atoms with Gasteiger partial charge in [0, 0.05) is 11.1 Å². The summed E-state index contributed by atoms with van der Waals surface area (Å²) < 4.78 is 13.6. The zero-order valence-electron chi connectivity index (χ0n) is 11.9. The number of carbonyl (C=O) groups excluding carboxylic acids is 2. The molecule has 1 atom stereocenters. The van der Waals surface area contributed by atoms with Gasteiger partial charge in [-0.1, -0.05) is 0 Å². The SMILES string of the molecule is CC(NC(=O)c1ccc(Br)c(F)c1)C(=O)NC(C)(C)C. The Morgan fingerprint density at radius 3 is 2.40 bits per heavy atom. The largest absolute Gasteiger partial charge is 0.350 e. The van der Waals surface area contributed by atoms with E-state index in [1.807, 2.05) is 20.8 Å². The van der Waals surface area contributed by atoms with Crippen molar-refractivity contribution in [1.82, 2.24) is 10.6 Å². The highest BCUT2D eigenvalue weighted by molar-refractivity contribution is 9.10. The van der Waals surface area contributed by atoms with Crippen molar-refractivity contribution >= 4 is 27.7 Å². The molecule has 0 saturated carbocycles. The maximum atomic E-state index is 13.4. The van der Waals surface area contributed by atoms with E-state index < -0.39 is 17.8 Å². The van der Waals surface area contributed by atoms with Crippen LogP contribution in [0.2, 0.25) is 0 Å². The van der Waals surface area contributed by atoms with E-state index in [1.54, 1.807) is 6.92 Å². The molecule has 20 heavy (non-hydrogen) atoms. The molecule has 0 fully saturated rings. The lowest BCUT2D eigenvalue weighted by molar-refractivity contribution is -0.124. The molecule has 1 rings (SSSR count). The Morgan fingerprint density at radius 1 is 1.30 bits per heavy atom. The van der Waals surface area contributed by atoms with Crippen LogP contribution in [0.1, 0.15) is 38.1 Å². The van der Waals surface area contributed by atoms with E-state index in [0.29, 0.717) is 0 Å². The molecule has 1 unspecified atom stereocenters. The molecule has 0 heterocycles. The number of rotatable bonds is 3. The van der Waals surface area contributed by atoms with Gasteiger partial charge in [0.2, 0.25) is 5.91 Å². The van der Waals surface area contributed by atoms with E-state index in [-0.39, 0.29) is 21.5 Å². The summed E-state index contributed by atoms with van der Waals surface area (Å²) in [6, 6.07) is 3.35. The number of amides is 2. The monoisotopic (exact) mass is 344 g/mol. The Bertz CT molecular complexity index is 526. The minimum absolute atomic E-state index is 0.168. The van der Waals surface area contributed by atoms with Gasteiger partial charge in [-0.3, -0.25) is 9.59 Å². The fourth-order valence-corrected chi connectivity index (χ4v) is 1.71. The minimum Gasteiger partial charge on any atom is -0.350 e. The maximum Gasteiger partial charge on any atom is 0.252 e. The van der Waals surface area contributed by atoms with Crippen LogP contribution in [0.5, 0.6) is 0 Å². The molecule has 0 aliphatic rings. The molecular weight excluding hydrogens is 327 g/mol. The van der Waals surface area contributed by atoms with Crippen molar-refractivity contribution in [3.05, 3.63) is 34.1 Å². The molecule has 1 aromatic rings. The third kappa shape index (κ3) is 4.92. The predicted molar refractivity (Wildman–Crippen MR) is 78.9 cm³/mol. The molecule has 110 valence electrons. The van der Waals surface area contributed by atoms with Crippen LogP contribution in [0.3, 0.4) is 0 Å². The van der Waals surface area contributed by atoms with E-state index >= 15 is 0 Å².